The molecule has 3 aromatic carbocycles. The number of rotatable bonds is 12. The molecular weight excluding hydrogens is 1140 g/mol. The second-order valence-electron chi connectivity index (χ2n) is 24.0. The fraction of sp³-hybridized carbons (Fsp3) is 0.621. The van der Waals surface area contributed by atoms with Gasteiger partial charge in [0.15, 0.2) is 11.6 Å². The van der Waals surface area contributed by atoms with E-state index in [-0.39, 0.29) is 184 Å². The van der Waals surface area contributed by atoms with Gasteiger partial charge in [-0.25, -0.2) is 4.79 Å². The monoisotopic (exact) mass is 1220 g/mol. The van der Waals surface area contributed by atoms with Crippen molar-refractivity contribution in [2.24, 2.45) is 34.5 Å². The Balaban J connectivity index is 0.000000405. The van der Waals surface area contributed by atoms with E-state index < -0.39 is 25.7 Å². The molecular formula is C58H84B3BrClMgNa2O14+. The van der Waals surface area contributed by atoms with E-state index in [0.717, 1.165) is 47.4 Å². The van der Waals surface area contributed by atoms with Crippen molar-refractivity contribution in [2.75, 3.05) is 21.3 Å². The number of aromatic carboxylic acids is 1. The van der Waals surface area contributed by atoms with Crippen LogP contribution in [0.5, 0.6) is 23.0 Å². The zero-order valence-corrected chi connectivity index (χ0v) is 57.9. The van der Waals surface area contributed by atoms with Gasteiger partial charge in [-0.2, -0.15) is 0 Å². The second kappa shape index (κ2) is 28.3. The summed E-state index contributed by atoms with van der Waals surface area (Å²) in [6.45, 7) is 21.8. The Hall–Kier alpha value is -0.839. The van der Waals surface area contributed by atoms with Gasteiger partial charge >= 0.3 is 109 Å². The van der Waals surface area contributed by atoms with Crippen LogP contribution in [-0.2, 0) is 37.9 Å². The molecule has 14 nitrogen and oxygen atoms in total. The Morgan fingerprint density at radius 2 is 1.11 bits per heavy atom. The SMILES string of the molecule is C.COc1ccc(C[C@@H](Cl)B2OC3CC4CC(C4(C)C)[C@]3(C)O2)c(C)c1C(C)=O.COc1ccc(C[C@H](C)B2OC3CC4CC(C4(C)C)[C@]3(C)O2)c(C)c1C(C)=O.COc1ccc2c(c1C(=O)O)O[B-](O)(O)[C@@H](C)C2.[Br-].[CH3-].[Mg+2].[Na+].[Na+]. The van der Waals surface area contributed by atoms with E-state index in [1.165, 1.54) is 26.0 Å². The predicted molar refractivity (Wildman–Crippen MR) is 305 cm³/mol. The van der Waals surface area contributed by atoms with Crippen LogP contribution in [0.25, 0.3) is 0 Å². The maximum atomic E-state index is 12.1. The maximum absolute atomic E-state index is 12.1. The van der Waals surface area contributed by atoms with Crippen LogP contribution >= 0.6 is 11.6 Å². The first-order valence-corrected chi connectivity index (χ1v) is 26.9. The van der Waals surface area contributed by atoms with Crippen molar-refractivity contribution in [3.8, 4) is 23.0 Å². The van der Waals surface area contributed by atoms with Crippen LogP contribution in [0.15, 0.2) is 36.4 Å². The molecule has 4 bridgehead atoms. The number of fused-ring (bicyclic) bond motifs is 1. The van der Waals surface area contributed by atoms with Crippen molar-refractivity contribution in [1.82, 2.24) is 0 Å². The number of carbonyl (C=O) groups is 3. The molecule has 3 aliphatic heterocycles. The maximum Gasteiger partial charge on any atom is 2.00 e. The first-order chi connectivity index (χ1) is 34.5. The normalized spacial score (nSPS) is 28.4. The van der Waals surface area contributed by atoms with Gasteiger partial charge in [0.05, 0.1) is 66.9 Å². The molecule has 0 radical (unpaired) electrons. The van der Waals surface area contributed by atoms with Crippen molar-refractivity contribution < 1.29 is 143 Å². The molecule has 0 amide bonds. The third-order valence-electron chi connectivity index (χ3n) is 19.1. The van der Waals surface area contributed by atoms with Crippen molar-refractivity contribution >= 4 is 73.2 Å². The molecule has 80 heavy (non-hydrogen) atoms. The number of hydrogen-bond donors (Lipinski definition) is 3. The van der Waals surface area contributed by atoms with E-state index >= 15 is 0 Å². The zero-order valence-electron chi connectivity index (χ0n) is 50.1. The number of carboxylic acid groups (broad SMARTS) is 1. The largest absolute Gasteiger partial charge is 2.00 e. The molecule has 9 aliphatic rings. The molecule has 6 saturated carbocycles. The minimum Gasteiger partial charge on any atom is -1.00 e. The average molecular weight is 1220 g/mol. The van der Waals surface area contributed by atoms with E-state index in [0.29, 0.717) is 69.6 Å². The molecule has 426 valence electrons. The van der Waals surface area contributed by atoms with Gasteiger partial charge in [0.2, 0.25) is 0 Å². The van der Waals surface area contributed by atoms with Gasteiger partial charge in [-0.3, -0.25) is 9.59 Å². The van der Waals surface area contributed by atoms with Gasteiger partial charge in [0.25, 0.3) is 0 Å². The summed E-state index contributed by atoms with van der Waals surface area (Å²) in [7, 11) is 3.93. The van der Waals surface area contributed by atoms with Crippen molar-refractivity contribution in [3.05, 3.63) is 88.3 Å². The van der Waals surface area contributed by atoms with Crippen molar-refractivity contribution in [2.45, 2.75) is 176 Å². The second-order valence-corrected chi connectivity index (χ2v) is 24.6. The summed E-state index contributed by atoms with van der Waals surface area (Å²) in [5, 5.41) is 28.3. The van der Waals surface area contributed by atoms with Gasteiger partial charge in [-0.15, -0.1) is 11.6 Å². The molecule has 11 atom stereocenters. The molecule has 3 N–H and O–H groups in total. The summed E-state index contributed by atoms with van der Waals surface area (Å²) in [5.41, 5.74) is 6.11. The molecule has 12 rings (SSSR count). The number of hydrogen-bond acceptors (Lipinski definition) is 13. The predicted octanol–water partition coefficient (Wildman–Crippen LogP) is 1.85. The van der Waals surface area contributed by atoms with Crippen LogP contribution in [0.1, 0.15) is 161 Å². The molecule has 0 aromatic heterocycles. The molecule has 0 spiro atoms. The third-order valence-corrected chi connectivity index (χ3v) is 19.4. The number of Topliss-reactive ketones (excluding diaryl/α,β-unsaturated/α-hetero) is 2. The first-order valence-electron chi connectivity index (χ1n) is 26.4. The molecule has 22 heteroatoms. The molecule has 8 fully saturated rings. The minimum absolute atomic E-state index is 0. The summed E-state index contributed by atoms with van der Waals surface area (Å²) >= 11 is 6.79. The fourth-order valence-electron chi connectivity index (χ4n) is 14.1. The Kier molecular flexibility index (Phi) is 26.7. The molecule has 6 aliphatic carbocycles. The van der Waals surface area contributed by atoms with Gasteiger partial charge < -0.3 is 77.0 Å². The summed E-state index contributed by atoms with van der Waals surface area (Å²) in [6.07, 6.45) is 6.74. The van der Waals surface area contributed by atoms with Crippen LogP contribution in [0.4, 0.5) is 0 Å². The Morgan fingerprint density at radius 1 is 0.713 bits per heavy atom. The van der Waals surface area contributed by atoms with E-state index in [4.69, 9.17) is 49.1 Å². The van der Waals surface area contributed by atoms with Crippen molar-refractivity contribution in [3.63, 3.8) is 0 Å². The van der Waals surface area contributed by atoms with Gasteiger partial charge in [0, 0.05) is 0 Å². The number of alkyl halides is 1. The topological polar surface area (TPSA) is 186 Å². The van der Waals surface area contributed by atoms with Crippen LogP contribution in [0.2, 0.25) is 11.6 Å². The Labute approximate surface area is 553 Å². The standard InChI is InChI=1S/C23H33BO4.C22H30BClO4.C11H14BO6.CH4.CH3.BrH.Mg.2Na/c1-13(10-16-8-9-18(26-7)21(14(16)2)15(3)25)24-27-20-12-17-11-19(22(17,4)5)23(20,6)28-24;1-12-14(7-8-16(26-6)20(12)13(2)25)9-19(24)23-27-18-11-15-10-17(21(15,3)4)22(18,5)28-23;1-6-5-7-3-4-8(17-2)9(11(13)14)10(7)18-12(6,15)16;;;;;;/h8-9,13,17,19-20H,10-12H2,1-7H3;7-8,15,17-19H,9-11H2,1-6H3;3-4,6,15-16H,5H2,1-2H3,(H,13,14);1H4;1H3;1H;;;/q;;-1;;-1;;+2;2*+1/p-1/t13-,17?,19?,20?,23-;15?,17?,18?,19-,22+;6-;;;;;;/m010....../s1. The third kappa shape index (κ3) is 13.6. The quantitative estimate of drug-likeness (QED) is 0.103. The van der Waals surface area contributed by atoms with Crippen LogP contribution in [0, 0.1) is 55.8 Å². The van der Waals surface area contributed by atoms with E-state index in [2.05, 4.69) is 54.5 Å². The van der Waals surface area contributed by atoms with E-state index in [1.54, 1.807) is 41.1 Å². The number of methoxy groups -OCH3 is 3. The molecule has 3 aromatic rings. The Morgan fingerprint density at radius 3 is 1.52 bits per heavy atom. The van der Waals surface area contributed by atoms with Crippen molar-refractivity contribution in [1.29, 1.82) is 0 Å². The van der Waals surface area contributed by atoms with Gasteiger partial charge in [0.1, 0.15) is 22.8 Å². The number of carbonyl (C=O) groups excluding carboxylic acids is 2. The number of halogens is 2. The zero-order chi connectivity index (χ0) is 54.4. The smallest absolute Gasteiger partial charge is 1.00 e. The van der Waals surface area contributed by atoms with Crippen LogP contribution < -0.4 is 95.0 Å². The van der Waals surface area contributed by atoms with E-state index in [9.17, 15) is 29.5 Å². The van der Waals surface area contributed by atoms with Gasteiger partial charge in [-0.1, -0.05) is 73.0 Å². The average Bonchev–Trinajstić information content (AvgIpc) is 3.89. The first kappa shape index (κ1) is 75.3. The fourth-order valence-corrected chi connectivity index (χ4v) is 14.4. The molecule has 6 unspecified atom stereocenters. The van der Waals surface area contributed by atoms with Crippen LogP contribution in [0.3, 0.4) is 0 Å². The van der Waals surface area contributed by atoms with E-state index in [1.807, 2.05) is 32.0 Å². The number of carboxylic acids is 1. The molecule has 3 heterocycles. The van der Waals surface area contributed by atoms with Gasteiger partial charge in [-0.05, 0) is 173 Å². The number of benzene rings is 3. The summed E-state index contributed by atoms with van der Waals surface area (Å²) in [4.78, 5) is 35.4. The Bertz CT molecular complexity index is 2570. The summed E-state index contributed by atoms with van der Waals surface area (Å²) in [6, 6.07) is 11.0. The van der Waals surface area contributed by atoms with Crippen LogP contribution in [-0.4, -0.2) is 127 Å². The minimum atomic E-state index is -3.05. The summed E-state index contributed by atoms with van der Waals surface area (Å²) < 4.78 is 46.6. The number of ketones is 2. The molecule has 2 saturated heterocycles. The number of ether oxygens (including phenoxy) is 3. The summed E-state index contributed by atoms with van der Waals surface area (Å²) in [5.74, 6) is 2.46.